The van der Waals surface area contributed by atoms with Gasteiger partial charge in [-0.2, -0.15) is 0 Å². The van der Waals surface area contributed by atoms with E-state index in [1.807, 2.05) is 60.7 Å². The normalized spacial score (nSPS) is 15.2. The lowest BCUT2D eigenvalue weighted by Gasteiger charge is -2.04. The van der Waals surface area contributed by atoms with Crippen LogP contribution in [0.3, 0.4) is 0 Å². The van der Waals surface area contributed by atoms with Gasteiger partial charge in [-0.05, 0) is 17.0 Å². The first kappa shape index (κ1) is 11.9. The zero-order chi connectivity index (χ0) is 14.2. The molecule has 1 aliphatic heterocycles. The molecule has 0 bridgehead atoms. The lowest BCUT2D eigenvalue weighted by atomic mass is 10.00. The largest absolute Gasteiger partial charge is 0.321 e. The second-order valence-electron chi connectivity index (χ2n) is 5.13. The van der Waals surface area contributed by atoms with Gasteiger partial charge in [0.2, 0.25) is 0 Å². The SMILES string of the molecule is O=C1Nc2c(ccc3ccccc23)/C1=C/c1ccccc1. The molecule has 0 saturated heterocycles. The van der Waals surface area contributed by atoms with Crippen LogP contribution in [0, 0.1) is 0 Å². The van der Waals surface area contributed by atoms with Crippen molar-refractivity contribution in [3.8, 4) is 0 Å². The summed E-state index contributed by atoms with van der Waals surface area (Å²) in [6.45, 7) is 0. The molecule has 0 radical (unpaired) electrons. The monoisotopic (exact) mass is 271 g/mol. The van der Waals surface area contributed by atoms with Gasteiger partial charge in [0.1, 0.15) is 0 Å². The molecule has 4 rings (SSSR count). The predicted octanol–water partition coefficient (Wildman–Crippen LogP) is 4.33. The fourth-order valence-corrected chi connectivity index (χ4v) is 2.79. The van der Waals surface area contributed by atoms with Gasteiger partial charge >= 0.3 is 0 Å². The highest BCUT2D eigenvalue weighted by molar-refractivity contribution is 6.37. The van der Waals surface area contributed by atoms with Gasteiger partial charge in [0.25, 0.3) is 5.91 Å². The van der Waals surface area contributed by atoms with E-state index in [4.69, 9.17) is 0 Å². The number of rotatable bonds is 1. The van der Waals surface area contributed by atoms with Crippen molar-refractivity contribution < 1.29 is 4.79 Å². The minimum Gasteiger partial charge on any atom is -0.321 e. The van der Waals surface area contributed by atoms with E-state index in [2.05, 4.69) is 17.4 Å². The molecule has 0 atom stereocenters. The first-order valence-electron chi connectivity index (χ1n) is 6.93. The highest BCUT2D eigenvalue weighted by Crippen LogP contribution is 2.38. The summed E-state index contributed by atoms with van der Waals surface area (Å²) in [5, 5.41) is 5.22. The third-order valence-corrected chi connectivity index (χ3v) is 3.81. The molecule has 3 aromatic rings. The van der Waals surface area contributed by atoms with Gasteiger partial charge in [0, 0.05) is 16.5 Å². The topological polar surface area (TPSA) is 29.1 Å². The van der Waals surface area contributed by atoms with Crippen LogP contribution < -0.4 is 5.32 Å². The number of benzene rings is 3. The summed E-state index contributed by atoms with van der Waals surface area (Å²) in [5.74, 6) is -0.0368. The molecule has 0 aromatic heterocycles. The van der Waals surface area contributed by atoms with Gasteiger partial charge in [-0.25, -0.2) is 0 Å². The fraction of sp³-hybridized carbons (Fsp3) is 0. The molecule has 0 fully saturated rings. The van der Waals surface area contributed by atoms with E-state index in [1.54, 1.807) is 0 Å². The smallest absolute Gasteiger partial charge is 0.256 e. The molecule has 1 amide bonds. The van der Waals surface area contributed by atoms with Gasteiger partial charge in [0.05, 0.1) is 5.69 Å². The van der Waals surface area contributed by atoms with Crippen molar-refractivity contribution in [3.63, 3.8) is 0 Å². The fourth-order valence-electron chi connectivity index (χ4n) is 2.79. The number of carbonyl (C=O) groups excluding carboxylic acids is 1. The maximum Gasteiger partial charge on any atom is 0.256 e. The number of hydrogen-bond donors (Lipinski definition) is 1. The summed E-state index contributed by atoms with van der Waals surface area (Å²) in [6.07, 6.45) is 1.94. The molecule has 1 aliphatic rings. The van der Waals surface area contributed by atoms with Gasteiger partial charge < -0.3 is 5.32 Å². The number of amides is 1. The third-order valence-electron chi connectivity index (χ3n) is 3.81. The lowest BCUT2D eigenvalue weighted by Crippen LogP contribution is -2.03. The van der Waals surface area contributed by atoms with Crippen LogP contribution in [0.15, 0.2) is 66.7 Å². The van der Waals surface area contributed by atoms with E-state index in [0.717, 1.165) is 33.2 Å². The van der Waals surface area contributed by atoms with Crippen LogP contribution in [0.25, 0.3) is 22.4 Å². The Morgan fingerprint density at radius 3 is 2.43 bits per heavy atom. The van der Waals surface area contributed by atoms with Crippen LogP contribution in [0.5, 0.6) is 0 Å². The Hall–Kier alpha value is -2.87. The van der Waals surface area contributed by atoms with E-state index < -0.39 is 0 Å². The molecule has 0 spiro atoms. The first-order chi connectivity index (χ1) is 10.3. The average molecular weight is 271 g/mol. The summed E-state index contributed by atoms with van der Waals surface area (Å²) in [5.41, 5.74) is 3.65. The van der Waals surface area contributed by atoms with E-state index in [-0.39, 0.29) is 5.91 Å². The standard InChI is InChI=1S/C19H13NO/c21-19-17(12-13-6-2-1-3-7-13)16-11-10-14-8-4-5-9-15(14)18(16)20-19/h1-12H,(H,20,21)/b17-12-. The van der Waals surface area contributed by atoms with Crippen LogP contribution in [-0.4, -0.2) is 5.91 Å². The Morgan fingerprint density at radius 2 is 1.57 bits per heavy atom. The molecule has 2 heteroatoms. The molecule has 3 aromatic carbocycles. The number of fused-ring (bicyclic) bond motifs is 3. The summed E-state index contributed by atoms with van der Waals surface area (Å²) in [7, 11) is 0. The number of anilines is 1. The summed E-state index contributed by atoms with van der Waals surface area (Å²) in [6, 6.07) is 22.1. The van der Waals surface area contributed by atoms with Crippen molar-refractivity contribution in [3.05, 3.63) is 77.9 Å². The second-order valence-corrected chi connectivity index (χ2v) is 5.13. The summed E-state index contributed by atoms with van der Waals surface area (Å²) >= 11 is 0. The summed E-state index contributed by atoms with van der Waals surface area (Å²) in [4.78, 5) is 12.3. The van der Waals surface area contributed by atoms with Crippen molar-refractivity contribution in [1.29, 1.82) is 0 Å². The van der Waals surface area contributed by atoms with Crippen molar-refractivity contribution in [1.82, 2.24) is 0 Å². The lowest BCUT2D eigenvalue weighted by molar-refractivity contribution is -0.110. The molecule has 1 heterocycles. The van der Waals surface area contributed by atoms with Crippen LogP contribution in [0.1, 0.15) is 11.1 Å². The minimum atomic E-state index is -0.0368. The maximum absolute atomic E-state index is 12.3. The van der Waals surface area contributed by atoms with E-state index in [1.165, 1.54) is 0 Å². The van der Waals surface area contributed by atoms with Crippen LogP contribution in [0.2, 0.25) is 0 Å². The Kier molecular flexibility index (Phi) is 2.61. The van der Waals surface area contributed by atoms with Crippen LogP contribution in [0.4, 0.5) is 5.69 Å². The highest BCUT2D eigenvalue weighted by Gasteiger charge is 2.25. The van der Waals surface area contributed by atoms with E-state index in [9.17, 15) is 4.79 Å². The predicted molar refractivity (Wildman–Crippen MR) is 86.9 cm³/mol. The van der Waals surface area contributed by atoms with Crippen molar-refractivity contribution in [2.24, 2.45) is 0 Å². The van der Waals surface area contributed by atoms with Crippen molar-refractivity contribution >= 4 is 34.0 Å². The summed E-state index contributed by atoms with van der Waals surface area (Å²) < 4.78 is 0. The van der Waals surface area contributed by atoms with Gasteiger partial charge in [-0.1, -0.05) is 66.7 Å². The van der Waals surface area contributed by atoms with Crippen LogP contribution >= 0.6 is 0 Å². The molecular weight excluding hydrogens is 258 g/mol. The Morgan fingerprint density at radius 1 is 0.810 bits per heavy atom. The molecule has 0 saturated carbocycles. The molecular formula is C19H13NO. The van der Waals surface area contributed by atoms with Crippen molar-refractivity contribution in [2.45, 2.75) is 0 Å². The Labute approximate surface area is 122 Å². The molecule has 2 nitrogen and oxygen atoms in total. The van der Waals surface area contributed by atoms with Gasteiger partial charge in [-0.3, -0.25) is 4.79 Å². The second kappa shape index (κ2) is 4.60. The third kappa shape index (κ3) is 1.93. The number of carbonyl (C=O) groups is 1. The Bertz CT molecular complexity index is 878. The van der Waals surface area contributed by atoms with Gasteiger partial charge in [-0.15, -0.1) is 0 Å². The average Bonchev–Trinajstić information content (AvgIpc) is 2.85. The minimum absolute atomic E-state index is 0.0368. The molecule has 1 N–H and O–H groups in total. The number of nitrogens with one attached hydrogen (secondary N) is 1. The molecule has 0 unspecified atom stereocenters. The zero-order valence-electron chi connectivity index (χ0n) is 11.3. The zero-order valence-corrected chi connectivity index (χ0v) is 11.3. The van der Waals surface area contributed by atoms with Crippen LogP contribution in [-0.2, 0) is 4.79 Å². The highest BCUT2D eigenvalue weighted by atomic mass is 16.2. The maximum atomic E-state index is 12.3. The van der Waals surface area contributed by atoms with E-state index in [0.29, 0.717) is 0 Å². The molecule has 21 heavy (non-hydrogen) atoms. The van der Waals surface area contributed by atoms with Crippen molar-refractivity contribution in [2.75, 3.05) is 5.32 Å². The quantitative estimate of drug-likeness (QED) is 0.656. The first-order valence-corrected chi connectivity index (χ1v) is 6.93. The molecule has 100 valence electrons. The molecule has 0 aliphatic carbocycles. The van der Waals surface area contributed by atoms with E-state index >= 15 is 0 Å². The van der Waals surface area contributed by atoms with Gasteiger partial charge in [0.15, 0.2) is 0 Å². The Balaban J connectivity index is 1.93. The number of hydrogen-bond acceptors (Lipinski definition) is 1.